The van der Waals surface area contributed by atoms with Crippen LogP contribution in [0.25, 0.3) is 32.2 Å². The van der Waals surface area contributed by atoms with Gasteiger partial charge in [-0.15, -0.1) is 11.3 Å². The molecule has 0 aliphatic carbocycles. The molecule has 0 saturated carbocycles. The number of methoxy groups -OCH3 is 1. The third-order valence-corrected chi connectivity index (χ3v) is 7.86. The number of thiazole rings is 1. The summed E-state index contributed by atoms with van der Waals surface area (Å²) < 4.78 is 21.1. The Hall–Kier alpha value is -4.29. The highest BCUT2D eigenvalue weighted by Gasteiger charge is 2.35. The summed E-state index contributed by atoms with van der Waals surface area (Å²) in [7, 11) is 3.54. The number of piperidine rings is 1. The molecule has 3 aromatic heterocycles. The van der Waals surface area contributed by atoms with E-state index in [0.29, 0.717) is 36.6 Å². The molecule has 1 fully saturated rings. The Kier molecular flexibility index (Phi) is 7.42. The van der Waals surface area contributed by atoms with E-state index in [4.69, 9.17) is 14.2 Å². The molecule has 11 nitrogen and oxygen atoms in total. The van der Waals surface area contributed by atoms with Crippen LogP contribution in [0.5, 0.6) is 5.75 Å². The minimum atomic E-state index is -0.597. The zero-order valence-electron chi connectivity index (χ0n) is 24.2. The number of hydrogen-bond donors (Lipinski definition) is 1. The van der Waals surface area contributed by atoms with Crippen LogP contribution in [0.3, 0.4) is 0 Å². The van der Waals surface area contributed by atoms with Crippen LogP contribution in [0, 0.1) is 0 Å². The molecule has 1 aliphatic heterocycles. The molecule has 2 atom stereocenters. The zero-order valence-corrected chi connectivity index (χ0v) is 25.0. The number of amides is 1. The fraction of sp³-hybridized carbons (Fsp3) is 0.367. The third-order valence-electron chi connectivity index (χ3n) is 7.07. The number of likely N-dealkylation sites (tertiary alicyclic amines) is 1. The molecule has 1 N–H and O–H groups in total. The summed E-state index contributed by atoms with van der Waals surface area (Å²) >= 11 is 1.58. The number of carbonyl (C=O) groups excluding carboxylic acids is 1. The first-order chi connectivity index (χ1) is 20.2. The van der Waals surface area contributed by atoms with Gasteiger partial charge in [-0.05, 0) is 63.1 Å². The smallest absolute Gasteiger partial charge is 0.410 e. The maximum absolute atomic E-state index is 13.0. The number of anilines is 2. The van der Waals surface area contributed by atoms with E-state index in [1.54, 1.807) is 34.2 Å². The number of ether oxygens (including phenoxy) is 3. The van der Waals surface area contributed by atoms with Gasteiger partial charge in [0.1, 0.15) is 29.6 Å². The molecule has 6 rings (SSSR count). The number of rotatable bonds is 6. The Bertz CT molecular complexity index is 1740. The highest BCUT2D eigenvalue weighted by atomic mass is 32.1. The number of aromatic nitrogens is 5. The number of hydrogen-bond acceptors (Lipinski definition) is 10. The summed E-state index contributed by atoms with van der Waals surface area (Å²) in [6.07, 6.45) is 4.84. The van der Waals surface area contributed by atoms with Gasteiger partial charge in [-0.3, -0.25) is 4.68 Å². The minimum absolute atomic E-state index is 0.226. The van der Waals surface area contributed by atoms with Gasteiger partial charge >= 0.3 is 6.09 Å². The van der Waals surface area contributed by atoms with Crippen molar-refractivity contribution in [3.8, 4) is 16.9 Å². The Morgan fingerprint density at radius 3 is 2.69 bits per heavy atom. The molecule has 4 heterocycles. The molecule has 0 radical (unpaired) electrons. The number of aryl methyl sites for hydroxylation is 1. The predicted octanol–water partition coefficient (Wildman–Crippen LogP) is 5.79. The van der Waals surface area contributed by atoms with Crippen molar-refractivity contribution in [2.24, 2.45) is 7.05 Å². The van der Waals surface area contributed by atoms with Gasteiger partial charge in [0, 0.05) is 38.1 Å². The number of fused-ring (bicyclic) bond motifs is 2. The van der Waals surface area contributed by atoms with Crippen LogP contribution in [0.15, 0.2) is 54.6 Å². The lowest BCUT2D eigenvalue weighted by atomic mass is 10.0. The average Bonchev–Trinajstić information content (AvgIpc) is 3.60. The van der Waals surface area contributed by atoms with E-state index in [1.807, 2.05) is 69.9 Å². The van der Waals surface area contributed by atoms with Crippen LogP contribution in [-0.4, -0.2) is 73.7 Å². The van der Waals surface area contributed by atoms with Crippen LogP contribution >= 0.6 is 11.3 Å². The van der Waals surface area contributed by atoms with Crippen LogP contribution < -0.4 is 10.1 Å². The van der Waals surface area contributed by atoms with Crippen LogP contribution in [0.2, 0.25) is 0 Å². The molecule has 5 aromatic rings. The Balaban J connectivity index is 1.40. The van der Waals surface area contributed by atoms with Gasteiger partial charge in [0.25, 0.3) is 0 Å². The van der Waals surface area contributed by atoms with Gasteiger partial charge in [0.05, 0.1) is 45.5 Å². The summed E-state index contributed by atoms with van der Waals surface area (Å²) in [6, 6.07) is 9.97. The van der Waals surface area contributed by atoms with Crippen molar-refractivity contribution < 1.29 is 19.0 Å². The first kappa shape index (κ1) is 27.9. The third kappa shape index (κ3) is 5.86. The Labute approximate surface area is 247 Å². The number of nitrogens with one attached hydrogen (secondary N) is 1. The molecule has 0 spiro atoms. The van der Waals surface area contributed by atoms with Crippen LogP contribution in [-0.2, 0) is 16.5 Å². The normalized spacial score (nSPS) is 17.5. The molecule has 1 saturated heterocycles. The van der Waals surface area contributed by atoms with Gasteiger partial charge in [-0.1, -0.05) is 0 Å². The fourth-order valence-corrected chi connectivity index (χ4v) is 5.80. The first-order valence-corrected chi connectivity index (χ1v) is 14.6. The lowest BCUT2D eigenvalue weighted by molar-refractivity contribution is -0.0533. The van der Waals surface area contributed by atoms with Crippen molar-refractivity contribution in [1.29, 1.82) is 0 Å². The monoisotopic (exact) mass is 587 g/mol. The lowest BCUT2D eigenvalue weighted by Gasteiger charge is -2.38. The predicted molar refractivity (Wildman–Crippen MR) is 162 cm³/mol. The molecule has 0 unspecified atom stereocenters. The second-order valence-corrected chi connectivity index (χ2v) is 12.2. The molecule has 2 aromatic carbocycles. The van der Waals surface area contributed by atoms with Crippen molar-refractivity contribution in [3.63, 3.8) is 0 Å². The van der Waals surface area contributed by atoms with Gasteiger partial charge in [0.2, 0.25) is 0 Å². The molecule has 12 heteroatoms. The van der Waals surface area contributed by atoms with Crippen molar-refractivity contribution in [2.75, 3.05) is 25.5 Å². The lowest BCUT2D eigenvalue weighted by Crippen LogP contribution is -2.53. The van der Waals surface area contributed by atoms with Crippen molar-refractivity contribution in [3.05, 3.63) is 54.6 Å². The summed E-state index contributed by atoms with van der Waals surface area (Å²) in [5, 5.41) is 8.53. The molecule has 218 valence electrons. The SMILES string of the molecule is CO[C@@H]1CCN(C(=O)OC(C)(C)C)C[C@H]1Oc1cc(-c2cnn(C)c2)cc2ncnc(Nc3ccc4ncsc4c3)c12. The highest BCUT2D eigenvalue weighted by molar-refractivity contribution is 7.16. The van der Waals surface area contributed by atoms with Gasteiger partial charge < -0.3 is 24.4 Å². The standard InChI is InChI=1S/C30H33N7O4S/c1-30(2,3)41-29(38)37-9-8-23(39-5)25(15-37)40-24-11-18(19-13-34-36(4)14-19)10-22-27(24)28(32-16-31-22)35-20-6-7-21-26(12-20)42-17-33-21/h6-7,10-14,16-17,23,25H,8-9,15H2,1-5H3,(H,31,32,35)/t23-,25-/m1/s1. The summed E-state index contributed by atoms with van der Waals surface area (Å²) in [5.74, 6) is 1.18. The van der Waals surface area contributed by atoms with Gasteiger partial charge in [0.15, 0.2) is 0 Å². The zero-order chi connectivity index (χ0) is 29.4. The maximum Gasteiger partial charge on any atom is 0.410 e. The largest absolute Gasteiger partial charge is 0.485 e. The van der Waals surface area contributed by atoms with Crippen LogP contribution in [0.4, 0.5) is 16.3 Å². The molecular weight excluding hydrogens is 554 g/mol. The van der Waals surface area contributed by atoms with E-state index in [1.165, 1.54) is 6.33 Å². The van der Waals surface area contributed by atoms with Crippen molar-refractivity contribution >= 4 is 50.1 Å². The van der Waals surface area contributed by atoms with E-state index in [-0.39, 0.29) is 12.2 Å². The molecule has 1 amide bonds. The van der Waals surface area contributed by atoms with Crippen LogP contribution in [0.1, 0.15) is 27.2 Å². The van der Waals surface area contributed by atoms with Gasteiger partial charge in [-0.25, -0.2) is 19.7 Å². The molecule has 1 aliphatic rings. The van der Waals surface area contributed by atoms with E-state index in [9.17, 15) is 4.79 Å². The quantitative estimate of drug-likeness (QED) is 0.264. The maximum atomic E-state index is 13.0. The van der Waals surface area contributed by atoms with E-state index < -0.39 is 11.7 Å². The Morgan fingerprint density at radius 2 is 1.93 bits per heavy atom. The second-order valence-electron chi connectivity index (χ2n) is 11.3. The Morgan fingerprint density at radius 1 is 1.07 bits per heavy atom. The summed E-state index contributed by atoms with van der Waals surface area (Å²) in [4.78, 5) is 28.2. The highest BCUT2D eigenvalue weighted by Crippen LogP contribution is 2.38. The molecule has 0 bridgehead atoms. The fourth-order valence-electron chi connectivity index (χ4n) is 5.08. The van der Waals surface area contributed by atoms with E-state index in [2.05, 4.69) is 25.4 Å². The van der Waals surface area contributed by atoms with Crippen molar-refractivity contribution in [1.82, 2.24) is 29.6 Å². The number of nitrogens with zero attached hydrogens (tertiary/aromatic N) is 6. The molecular formula is C30H33N7O4S. The van der Waals surface area contributed by atoms with Crippen molar-refractivity contribution in [2.45, 2.75) is 45.0 Å². The second kappa shape index (κ2) is 11.2. The van der Waals surface area contributed by atoms with E-state index >= 15 is 0 Å². The summed E-state index contributed by atoms with van der Waals surface area (Å²) in [5.41, 5.74) is 5.58. The number of benzene rings is 2. The summed E-state index contributed by atoms with van der Waals surface area (Å²) in [6.45, 7) is 6.40. The average molecular weight is 588 g/mol. The number of carbonyl (C=O) groups is 1. The van der Waals surface area contributed by atoms with Gasteiger partial charge in [-0.2, -0.15) is 5.10 Å². The van der Waals surface area contributed by atoms with E-state index in [0.717, 1.165) is 32.4 Å². The first-order valence-electron chi connectivity index (χ1n) is 13.7. The molecule has 42 heavy (non-hydrogen) atoms. The topological polar surface area (TPSA) is 117 Å². The minimum Gasteiger partial charge on any atom is -0.485 e.